The van der Waals surface area contributed by atoms with Crippen LogP contribution < -0.4 is 0 Å². The molecule has 1 rings (SSSR count). The van der Waals surface area contributed by atoms with Gasteiger partial charge in [-0.1, -0.05) is 30.3 Å². The SMILES string of the molecule is C=CCc1ccccc1C(=O)C(=O)OC. The number of benzene rings is 1. The zero-order chi connectivity index (χ0) is 11.3. The van der Waals surface area contributed by atoms with Crippen molar-refractivity contribution in [3.8, 4) is 0 Å². The van der Waals surface area contributed by atoms with Crippen molar-refractivity contribution >= 4 is 11.8 Å². The molecule has 0 saturated carbocycles. The Morgan fingerprint density at radius 1 is 1.40 bits per heavy atom. The first-order valence-corrected chi connectivity index (χ1v) is 4.52. The fourth-order valence-electron chi connectivity index (χ4n) is 1.28. The number of ketones is 1. The van der Waals surface area contributed by atoms with Crippen LogP contribution in [0.3, 0.4) is 0 Å². The lowest BCUT2D eigenvalue weighted by Gasteiger charge is -2.04. The van der Waals surface area contributed by atoms with E-state index in [0.717, 1.165) is 5.56 Å². The number of allylic oxidation sites excluding steroid dienone is 1. The molecule has 0 heterocycles. The zero-order valence-electron chi connectivity index (χ0n) is 8.53. The Morgan fingerprint density at radius 2 is 2.07 bits per heavy atom. The third-order valence-electron chi connectivity index (χ3n) is 2.00. The van der Waals surface area contributed by atoms with Gasteiger partial charge in [-0.05, 0) is 12.0 Å². The summed E-state index contributed by atoms with van der Waals surface area (Å²) in [7, 11) is 1.19. The average molecular weight is 204 g/mol. The second-order valence-electron chi connectivity index (χ2n) is 2.97. The van der Waals surface area contributed by atoms with Gasteiger partial charge in [-0.15, -0.1) is 6.58 Å². The summed E-state index contributed by atoms with van der Waals surface area (Å²) in [5, 5.41) is 0. The molecule has 1 aromatic rings. The smallest absolute Gasteiger partial charge is 0.379 e. The van der Waals surface area contributed by atoms with Crippen molar-refractivity contribution in [2.24, 2.45) is 0 Å². The number of ether oxygens (including phenoxy) is 1. The van der Waals surface area contributed by atoms with E-state index in [1.54, 1.807) is 24.3 Å². The second-order valence-corrected chi connectivity index (χ2v) is 2.97. The molecule has 0 atom stereocenters. The standard InChI is InChI=1S/C12H12O3/c1-3-6-9-7-4-5-8-10(9)11(13)12(14)15-2/h3-5,7-8H,1,6H2,2H3. The van der Waals surface area contributed by atoms with Gasteiger partial charge in [0.15, 0.2) is 0 Å². The van der Waals surface area contributed by atoms with E-state index in [2.05, 4.69) is 11.3 Å². The Bertz CT molecular complexity index is 394. The number of esters is 1. The molecule has 78 valence electrons. The van der Waals surface area contributed by atoms with Gasteiger partial charge in [0.2, 0.25) is 0 Å². The Morgan fingerprint density at radius 3 is 2.67 bits per heavy atom. The summed E-state index contributed by atoms with van der Waals surface area (Å²) in [6.45, 7) is 3.59. The predicted molar refractivity (Wildman–Crippen MR) is 56.7 cm³/mol. The lowest BCUT2D eigenvalue weighted by Crippen LogP contribution is -2.17. The molecular formula is C12H12O3. The van der Waals surface area contributed by atoms with Crippen molar-refractivity contribution in [3.05, 3.63) is 48.0 Å². The molecule has 0 unspecified atom stereocenters. The number of methoxy groups -OCH3 is 1. The van der Waals surface area contributed by atoms with Crippen molar-refractivity contribution in [1.82, 2.24) is 0 Å². The maximum Gasteiger partial charge on any atom is 0.379 e. The predicted octanol–water partition coefficient (Wildman–Crippen LogP) is 1.77. The molecule has 15 heavy (non-hydrogen) atoms. The molecule has 0 aliphatic rings. The maximum atomic E-state index is 11.6. The van der Waals surface area contributed by atoms with Crippen LogP contribution in [-0.4, -0.2) is 18.9 Å². The van der Waals surface area contributed by atoms with Crippen LogP contribution in [0.2, 0.25) is 0 Å². The number of carbonyl (C=O) groups is 2. The monoisotopic (exact) mass is 204 g/mol. The van der Waals surface area contributed by atoms with E-state index in [1.165, 1.54) is 7.11 Å². The molecule has 0 fully saturated rings. The first-order valence-electron chi connectivity index (χ1n) is 4.52. The van der Waals surface area contributed by atoms with Gasteiger partial charge in [0.25, 0.3) is 5.78 Å². The second kappa shape index (κ2) is 5.10. The van der Waals surface area contributed by atoms with Crippen molar-refractivity contribution in [3.63, 3.8) is 0 Å². The molecule has 3 nitrogen and oxygen atoms in total. The van der Waals surface area contributed by atoms with Crippen molar-refractivity contribution in [1.29, 1.82) is 0 Å². The third-order valence-corrected chi connectivity index (χ3v) is 2.00. The fourth-order valence-corrected chi connectivity index (χ4v) is 1.28. The molecule has 0 spiro atoms. The molecule has 1 aromatic carbocycles. The topological polar surface area (TPSA) is 43.4 Å². The van der Waals surface area contributed by atoms with E-state index >= 15 is 0 Å². The number of Topliss-reactive ketones (excluding diaryl/α,β-unsaturated/α-hetero) is 1. The molecular weight excluding hydrogens is 192 g/mol. The summed E-state index contributed by atoms with van der Waals surface area (Å²) in [6.07, 6.45) is 2.24. The lowest BCUT2D eigenvalue weighted by atomic mass is 10.0. The van der Waals surface area contributed by atoms with Gasteiger partial charge in [0.05, 0.1) is 7.11 Å². The van der Waals surface area contributed by atoms with E-state index < -0.39 is 11.8 Å². The Labute approximate surface area is 88.4 Å². The van der Waals surface area contributed by atoms with E-state index in [9.17, 15) is 9.59 Å². The summed E-state index contributed by atoms with van der Waals surface area (Å²) >= 11 is 0. The highest BCUT2D eigenvalue weighted by molar-refractivity contribution is 6.40. The Hall–Kier alpha value is -1.90. The van der Waals surface area contributed by atoms with Gasteiger partial charge in [-0.2, -0.15) is 0 Å². The summed E-state index contributed by atoms with van der Waals surface area (Å²) in [5.41, 5.74) is 1.16. The van der Waals surface area contributed by atoms with E-state index in [4.69, 9.17) is 0 Å². The number of carbonyl (C=O) groups excluding carboxylic acids is 2. The van der Waals surface area contributed by atoms with E-state index in [-0.39, 0.29) is 0 Å². The molecule has 3 heteroatoms. The zero-order valence-corrected chi connectivity index (χ0v) is 8.53. The average Bonchev–Trinajstić information content (AvgIpc) is 2.28. The highest BCUT2D eigenvalue weighted by Crippen LogP contribution is 2.11. The highest BCUT2D eigenvalue weighted by Gasteiger charge is 2.18. The normalized spacial score (nSPS) is 9.40. The van der Waals surface area contributed by atoms with E-state index in [1.807, 2.05) is 6.07 Å². The Balaban J connectivity index is 3.07. The highest BCUT2D eigenvalue weighted by atomic mass is 16.5. The molecule has 0 saturated heterocycles. The van der Waals surface area contributed by atoms with Crippen LogP contribution in [0.25, 0.3) is 0 Å². The first kappa shape index (κ1) is 11.2. The quantitative estimate of drug-likeness (QED) is 0.325. The van der Waals surface area contributed by atoms with Crippen LogP contribution >= 0.6 is 0 Å². The van der Waals surface area contributed by atoms with Crippen molar-refractivity contribution in [2.75, 3.05) is 7.11 Å². The minimum atomic E-state index is -0.841. The molecule has 0 aliphatic heterocycles. The molecule has 0 amide bonds. The van der Waals surface area contributed by atoms with Gasteiger partial charge in [-0.3, -0.25) is 4.79 Å². The van der Waals surface area contributed by atoms with Crippen LogP contribution in [0.5, 0.6) is 0 Å². The van der Waals surface area contributed by atoms with Crippen LogP contribution in [0.4, 0.5) is 0 Å². The van der Waals surface area contributed by atoms with Gasteiger partial charge >= 0.3 is 5.97 Å². The minimum Gasteiger partial charge on any atom is -0.463 e. The van der Waals surface area contributed by atoms with Crippen molar-refractivity contribution < 1.29 is 14.3 Å². The molecule has 0 aliphatic carbocycles. The van der Waals surface area contributed by atoms with Crippen LogP contribution in [-0.2, 0) is 16.0 Å². The van der Waals surface area contributed by atoms with Gasteiger partial charge in [0.1, 0.15) is 0 Å². The summed E-state index contributed by atoms with van der Waals surface area (Å²) < 4.78 is 4.39. The van der Waals surface area contributed by atoms with E-state index in [0.29, 0.717) is 12.0 Å². The first-order chi connectivity index (χ1) is 7.20. The van der Waals surface area contributed by atoms with Gasteiger partial charge in [0, 0.05) is 5.56 Å². The van der Waals surface area contributed by atoms with Crippen LogP contribution in [0.1, 0.15) is 15.9 Å². The third kappa shape index (κ3) is 2.53. The minimum absolute atomic E-state index is 0.379. The fraction of sp³-hybridized carbons (Fsp3) is 0.167. The summed E-state index contributed by atoms with van der Waals surface area (Å²) in [4.78, 5) is 22.6. The largest absolute Gasteiger partial charge is 0.463 e. The lowest BCUT2D eigenvalue weighted by molar-refractivity contribution is -0.135. The molecule has 0 aromatic heterocycles. The number of hydrogen-bond acceptors (Lipinski definition) is 3. The summed E-state index contributed by atoms with van der Waals surface area (Å²) in [5.74, 6) is -1.46. The van der Waals surface area contributed by atoms with Crippen LogP contribution in [0.15, 0.2) is 36.9 Å². The molecule has 0 N–H and O–H groups in total. The van der Waals surface area contributed by atoms with Crippen LogP contribution in [0, 0.1) is 0 Å². The Kier molecular flexibility index (Phi) is 3.80. The number of hydrogen-bond donors (Lipinski definition) is 0. The van der Waals surface area contributed by atoms with Gasteiger partial charge < -0.3 is 4.74 Å². The summed E-state index contributed by atoms with van der Waals surface area (Å²) in [6, 6.07) is 6.92. The molecule has 0 bridgehead atoms. The van der Waals surface area contributed by atoms with Gasteiger partial charge in [-0.25, -0.2) is 4.79 Å². The number of rotatable bonds is 4. The molecule has 0 radical (unpaired) electrons. The maximum absolute atomic E-state index is 11.6. The van der Waals surface area contributed by atoms with Crippen molar-refractivity contribution in [2.45, 2.75) is 6.42 Å².